The zero-order chi connectivity index (χ0) is 41.8. The molecule has 298 valence electrons. The van der Waals surface area contributed by atoms with Gasteiger partial charge in [-0.05, 0) is 134 Å². The molecule has 1 heterocycles. The van der Waals surface area contributed by atoms with Gasteiger partial charge < -0.3 is 9.32 Å². The van der Waals surface area contributed by atoms with Crippen LogP contribution in [0, 0.1) is 0 Å². The molecule has 1 aromatic heterocycles. The highest BCUT2D eigenvalue weighted by Crippen LogP contribution is 2.43. The Kier molecular flexibility index (Phi) is 10.6. The van der Waals surface area contributed by atoms with Crippen molar-refractivity contribution >= 4 is 66.1 Å². The van der Waals surface area contributed by atoms with Gasteiger partial charge in [-0.2, -0.15) is 0 Å². The standard InChI is InChI=1S/C58H41NO.C2H6/c1-2-4-17-40-18-6-8-25-48(40)49(24-5-3-1)42-20-14-22-46(37-42)59(45-35-33-41(34-36-45)51-30-16-32-57-58(51)54-29-12-13-31-56(54)60-57)47-23-15-21-43(38-47)55-39-44-19-7-9-26-50(44)52-27-10-11-28-53(52)55;1-2/h1-4,6-16,18-39H,5,17H2;1-2H3/b3-1-,4-2-,49-24-;. The first kappa shape index (κ1) is 38.5. The van der Waals surface area contributed by atoms with Gasteiger partial charge in [0.15, 0.2) is 0 Å². The molecule has 2 heteroatoms. The van der Waals surface area contributed by atoms with Crippen LogP contribution < -0.4 is 4.90 Å². The molecular formula is C60H47NO. The van der Waals surface area contributed by atoms with Crippen LogP contribution in [0.3, 0.4) is 0 Å². The Labute approximate surface area is 364 Å². The molecule has 1 aliphatic rings. The van der Waals surface area contributed by atoms with Gasteiger partial charge >= 0.3 is 0 Å². The lowest BCUT2D eigenvalue weighted by Crippen LogP contribution is -2.10. The number of nitrogens with zero attached hydrogens (tertiary/aromatic N) is 1. The van der Waals surface area contributed by atoms with Gasteiger partial charge in [-0.1, -0.05) is 184 Å². The molecule has 0 amide bonds. The number of furan rings is 1. The van der Waals surface area contributed by atoms with E-state index in [0.29, 0.717) is 0 Å². The molecule has 9 aromatic carbocycles. The summed E-state index contributed by atoms with van der Waals surface area (Å²) in [6.07, 6.45) is 12.9. The van der Waals surface area contributed by atoms with E-state index in [-0.39, 0.29) is 0 Å². The summed E-state index contributed by atoms with van der Waals surface area (Å²) >= 11 is 0. The summed E-state index contributed by atoms with van der Waals surface area (Å²) in [5.41, 5.74) is 14.8. The van der Waals surface area contributed by atoms with E-state index in [9.17, 15) is 0 Å². The van der Waals surface area contributed by atoms with E-state index in [4.69, 9.17) is 4.42 Å². The molecule has 2 nitrogen and oxygen atoms in total. The summed E-state index contributed by atoms with van der Waals surface area (Å²) in [6, 6.07) is 70.5. The highest BCUT2D eigenvalue weighted by Gasteiger charge is 2.19. The number of para-hydroxylation sites is 1. The Balaban J connectivity index is 0.00000226. The topological polar surface area (TPSA) is 16.4 Å². The maximum Gasteiger partial charge on any atom is 0.136 e. The lowest BCUT2D eigenvalue weighted by molar-refractivity contribution is 0.669. The highest BCUT2D eigenvalue weighted by molar-refractivity contribution is 6.14. The third kappa shape index (κ3) is 7.20. The van der Waals surface area contributed by atoms with Crippen molar-refractivity contribution in [1.29, 1.82) is 0 Å². The smallest absolute Gasteiger partial charge is 0.136 e. The van der Waals surface area contributed by atoms with Crippen molar-refractivity contribution in [2.75, 3.05) is 4.90 Å². The number of fused-ring (bicyclic) bond motifs is 7. The van der Waals surface area contributed by atoms with Gasteiger partial charge in [0, 0.05) is 27.8 Å². The molecule has 1 aliphatic carbocycles. The van der Waals surface area contributed by atoms with Crippen LogP contribution in [0.5, 0.6) is 0 Å². The molecule has 11 rings (SSSR count). The molecule has 0 unspecified atom stereocenters. The summed E-state index contributed by atoms with van der Waals surface area (Å²) in [5.74, 6) is 0. The van der Waals surface area contributed by atoms with Gasteiger partial charge in [-0.3, -0.25) is 0 Å². The minimum Gasteiger partial charge on any atom is -0.456 e. The number of hydrogen-bond donors (Lipinski definition) is 0. The average molecular weight is 798 g/mol. The van der Waals surface area contributed by atoms with E-state index >= 15 is 0 Å². The summed E-state index contributed by atoms with van der Waals surface area (Å²) in [5, 5.41) is 7.30. The molecule has 0 bridgehead atoms. The van der Waals surface area contributed by atoms with Gasteiger partial charge in [0.05, 0.1) is 0 Å². The lowest BCUT2D eigenvalue weighted by Gasteiger charge is -2.27. The average Bonchev–Trinajstić information content (AvgIpc) is 3.73. The minimum absolute atomic E-state index is 0.851. The SMILES string of the molecule is C1=C\C/C=C(/c2cccc(N(c3ccc(-c4cccc5oc6ccccc6c45)cc3)c3cccc(-c4cc5ccccc5c5ccccc45)c3)c2)c2ccccc2C\C=C/1.CC. The van der Waals surface area contributed by atoms with Gasteiger partial charge in [0.25, 0.3) is 0 Å². The van der Waals surface area contributed by atoms with Crippen molar-refractivity contribution in [2.45, 2.75) is 26.7 Å². The molecule has 0 spiro atoms. The molecular weight excluding hydrogens is 751 g/mol. The Hall–Kier alpha value is -7.68. The molecule has 0 saturated heterocycles. The number of rotatable bonds is 6. The molecule has 0 atom stereocenters. The molecule has 0 radical (unpaired) electrons. The fourth-order valence-corrected chi connectivity index (χ4v) is 9.13. The first-order chi connectivity index (χ1) is 30.8. The Morgan fingerprint density at radius 3 is 1.89 bits per heavy atom. The molecule has 0 fully saturated rings. The number of benzene rings is 9. The fourth-order valence-electron chi connectivity index (χ4n) is 9.13. The second kappa shape index (κ2) is 17.1. The quantitative estimate of drug-likeness (QED) is 0.156. The van der Waals surface area contributed by atoms with E-state index in [1.54, 1.807) is 0 Å². The van der Waals surface area contributed by atoms with Gasteiger partial charge in [-0.25, -0.2) is 0 Å². The third-order valence-corrected chi connectivity index (χ3v) is 11.9. The van der Waals surface area contributed by atoms with Crippen LogP contribution in [0.15, 0.2) is 229 Å². The normalized spacial score (nSPS) is 14.4. The Morgan fingerprint density at radius 2 is 1.05 bits per heavy atom. The summed E-state index contributed by atoms with van der Waals surface area (Å²) < 4.78 is 6.28. The predicted octanol–water partition coefficient (Wildman–Crippen LogP) is 17.2. The van der Waals surface area contributed by atoms with Gasteiger partial charge in [-0.15, -0.1) is 0 Å². The number of anilines is 3. The second-order valence-electron chi connectivity index (χ2n) is 15.5. The van der Waals surface area contributed by atoms with Crippen LogP contribution in [-0.4, -0.2) is 0 Å². The summed E-state index contributed by atoms with van der Waals surface area (Å²) in [7, 11) is 0. The summed E-state index contributed by atoms with van der Waals surface area (Å²) in [6.45, 7) is 4.00. The monoisotopic (exact) mass is 797 g/mol. The van der Waals surface area contributed by atoms with Crippen LogP contribution >= 0.6 is 0 Å². The van der Waals surface area contributed by atoms with Crippen molar-refractivity contribution < 1.29 is 4.42 Å². The van der Waals surface area contributed by atoms with Crippen LogP contribution in [0.4, 0.5) is 17.1 Å². The Morgan fingerprint density at radius 1 is 0.419 bits per heavy atom. The van der Waals surface area contributed by atoms with Crippen molar-refractivity contribution in [3.63, 3.8) is 0 Å². The van der Waals surface area contributed by atoms with E-state index in [1.807, 2.05) is 26.0 Å². The zero-order valence-corrected chi connectivity index (χ0v) is 35.1. The first-order valence-corrected chi connectivity index (χ1v) is 21.8. The van der Waals surface area contributed by atoms with Crippen molar-refractivity contribution in [1.82, 2.24) is 0 Å². The van der Waals surface area contributed by atoms with Crippen molar-refractivity contribution in [3.8, 4) is 22.3 Å². The van der Waals surface area contributed by atoms with Crippen LogP contribution in [0.25, 0.3) is 71.3 Å². The molecule has 10 aromatic rings. The van der Waals surface area contributed by atoms with Gasteiger partial charge in [0.1, 0.15) is 11.2 Å². The van der Waals surface area contributed by atoms with E-state index in [0.717, 1.165) is 63.0 Å². The lowest BCUT2D eigenvalue weighted by atomic mass is 9.91. The third-order valence-electron chi connectivity index (χ3n) is 11.9. The van der Waals surface area contributed by atoms with Crippen molar-refractivity contribution in [3.05, 3.63) is 241 Å². The molecule has 0 aliphatic heterocycles. The summed E-state index contributed by atoms with van der Waals surface area (Å²) in [4.78, 5) is 2.41. The minimum atomic E-state index is 0.851. The van der Waals surface area contributed by atoms with Gasteiger partial charge in [0.2, 0.25) is 0 Å². The van der Waals surface area contributed by atoms with Crippen LogP contribution in [-0.2, 0) is 6.42 Å². The maximum atomic E-state index is 6.28. The molecule has 62 heavy (non-hydrogen) atoms. The van der Waals surface area contributed by atoms with E-state index < -0.39 is 0 Å². The second-order valence-corrected chi connectivity index (χ2v) is 15.5. The predicted molar refractivity (Wildman–Crippen MR) is 266 cm³/mol. The Bertz CT molecular complexity index is 3320. The first-order valence-electron chi connectivity index (χ1n) is 21.8. The number of allylic oxidation sites excluding steroid dienone is 5. The maximum absolute atomic E-state index is 6.28. The van der Waals surface area contributed by atoms with Crippen LogP contribution in [0.2, 0.25) is 0 Å². The number of hydrogen-bond acceptors (Lipinski definition) is 2. The highest BCUT2D eigenvalue weighted by atomic mass is 16.3. The fraction of sp³-hybridized carbons (Fsp3) is 0.0667. The molecule has 0 N–H and O–H groups in total. The van der Waals surface area contributed by atoms with Crippen LogP contribution in [0.1, 0.15) is 37.0 Å². The zero-order valence-electron chi connectivity index (χ0n) is 35.1. The van der Waals surface area contributed by atoms with Crippen molar-refractivity contribution in [2.24, 2.45) is 0 Å². The largest absolute Gasteiger partial charge is 0.456 e. The van der Waals surface area contributed by atoms with E-state index in [2.05, 4.69) is 217 Å². The molecule has 0 saturated carbocycles. The van der Waals surface area contributed by atoms with E-state index in [1.165, 1.54) is 54.9 Å².